The highest BCUT2D eigenvalue weighted by Gasteiger charge is 2.42. The number of Topliss-reactive ketones (excluding diaryl/α,β-unsaturated/α-hetero) is 1. The van der Waals surface area contributed by atoms with E-state index in [0.29, 0.717) is 24.8 Å². The predicted molar refractivity (Wildman–Crippen MR) is 170 cm³/mol. The van der Waals surface area contributed by atoms with Gasteiger partial charge in [0.15, 0.2) is 5.78 Å². The molecule has 2 heterocycles. The average molecular weight is 599 g/mol. The van der Waals surface area contributed by atoms with Crippen molar-refractivity contribution in [2.45, 2.75) is 96.1 Å². The maximum Gasteiger partial charge on any atom is 0.227 e. The smallest absolute Gasteiger partial charge is 0.227 e. The van der Waals surface area contributed by atoms with E-state index in [9.17, 15) is 19.2 Å². The number of hydrogen-bond donors (Lipinski definition) is 2. The van der Waals surface area contributed by atoms with Gasteiger partial charge in [-0.25, -0.2) is 0 Å². The average Bonchev–Trinajstić information content (AvgIpc) is 3.50. The number of aryl methyl sites for hydroxylation is 2. The number of hydrogen-bond acceptors (Lipinski definition) is 5. The molecular weight excluding hydrogens is 552 g/mol. The van der Waals surface area contributed by atoms with Gasteiger partial charge in [0.25, 0.3) is 0 Å². The Morgan fingerprint density at radius 2 is 1.64 bits per heavy atom. The summed E-state index contributed by atoms with van der Waals surface area (Å²) in [4.78, 5) is 57.8. The molecule has 3 N–H and O–H groups in total. The maximum absolute atomic E-state index is 13.9. The van der Waals surface area contributed by atoms with E-state index >= 15 is 0 Å². The highest BCUT2D eigenvalue weighted by Crippen LogP contribution is 2.47. The lowest BCUT2D eigenvalue weighted by Gasteiger charge is -2.49. The molecule has 2 aliphatic heterocycles. The number of fused-ring (bicyclic) bond motifs is 2. The van der Waals surface area contributed by atoms with Crippen molar-refractivity contribution in [3.63, 3.8) is 0 Å². The number of nitrogens with zero attached hydrogens (tertiary/aromatic N) is 2. The molecule has 0 bridgehead atoms. The molecule has 2 aromatic carbocycles. The number of carbonyl (C=O) groups is 4. The number of anilines is 1. The molecule has 8 nitrogen and oxygen atoms in total. The molecule has 3 amide bonds. The lowest BCUT2D eigenvalue weighted by molar-refractivity contribution is -0.144. The van der Waals surface area contributed by atoms with E-state index in [4.69, 9.17) is 5.73 Å². The van der Waals surface area contributed by atoms with E-state index in [-0.39, 0.29) is 49.3 Å². The first-order valence-corrected chi connectivity index (χ1v) is 16.6. The summed E-state index contributed by atoms with van der Waals surface area (Å²) >= 11 is 0. The Morgan fingerprint density at radius 1 is 0.886 bits per heavy atom. The van der Waals surface area contributed by atoms with Crippen molar-refractivity contribution in [2.24, 2.45) is 17.1 Å². The van der Waals surface area contributed by atoms with Crippen LogP contribution in [-0.2, 0) is 45.0 Å². The predicted octanol–water partition coefficient (Wildman–Crippen LogP) is 4.56. The first kappa shape index (κ1) is 30.5. The number of piperidine rings is 1. The lowest BCUT2D eigenvalue weighted by Crippen LogP contribution is -2.50. The molecule has 4 aliphatic rings. The van der Waals surface area contributed by atoms with Crippen molar-refractivity contribution in [3.8, 4) is 0 Å². The van der Waals surface area contributed by atoms with Crippen LogP contribution in [0.15, 0.2) is 42.5 Å². The minimum atomic E-state index is -0.672. The molecule has 1 saturated carbocycles. The molecule has 2 aliphatic carbocycles. The molecule has 234 valence electrons. The van der Waals surface area contributed by atoms with Gasteiger partial charge < -0.3 is 20.9 Å². The monoisotopic (exact) mass is 598 g/mol. The van der Waals surface area contributed by atoms with E-state index in [1.165, 1.54) is 36.8 Å². The Bertz CT molecular complexity index is 1420. The number of rotatable bonds is 10. The van der Waals surface area contributed by atoms with Gasteiger partial charge in [-0.05, 0) is 97.7 Å². The van der Waals surface area contributed by atoms with Crippen LogP contribution in [0.3, 0.4) is 0 Å². The quantitative estimate of drug-likeness (QED) is 0.416. The lowest BCUT2D eigenvalue weighted by atomic mass is 9.64. The van der Waals surface area contributed by atoms with Crippen LogP contribution >= 0.6 is 0 Å². The first-order valence-electron chi connectivity index (χ1n) is 16.6. The molecule has 1 spiro atoms. The molecule has 2 atom stereocenters. The number of benzene rings is 2. The largest absolute Gasteiger partial charge is 0.342 e. The maximum atomic E-state index is 13.9. The second-order valence-corrected chi connectivity index (χ2v) is 13.6. The number of amides is 3. The van der Waals surface area contributed by atoms with Gasteiger partial charge in [-0.3, -0.25) is 19.2 Å². The summed E-state index contributed by atoms with van der Waals surface area (Å²) in [5.74, 6) is -1.08. The van der Waals surface area contributed by atoms with Crippen LogP contribution < -0.4 is 11.1 Å². The second kappa shape index (κ2) is 13.2. The van der Waals surface area contributed by atoms with Crippen LogP contribution in [0.2, 0.25) is 0 Å². The number of nitrogens with one attached hydrogen (secondary N) is 1. The summed E-state index contributed by atoms with van der Waals surface area (Å²) < 4.78 is 0. The fourth-order valence-corrected chi connectivity index (χ4v) is 7.89. The number of nitrogens with two attached hydrogens (primary N) is 1. The van der Waals surface area contributed by atoms with Crippen molar-refractivity contribution in [1.82, 2.24) is 9.80 Å². The van der Waals surface area contributed by atoms with Crippen molar-refractivity contribution in [3.05, 3.63) is 64.7 Å². The van der Waals surface area contributed by atoms with Crippen LogP contribution in [0, 0.1) is 11.3 Å². The molecular formula is C36H46N4O4. The minimum Gasteiger partial charge on any atom is -0.342 e. The van der Waals surface area contributed by atoms with Crippen LogP contribution in [0.4, 0.5) is 5.69 Å². The van der Waals surface area contributed by atoms with E-state index in [2.05, 4.69) is 11.4 Å². The minimum absolute atomic E-state index is 0.0133. The zero-order valence-corrected chi connectivity index (χ0v) is 25.8. The summed E-state index contributed by atoms with van der Waals surface area (Å²) in [6.45, 7) is 2.19. The summed E-state index contributed by atoms with van der Waals surface area (Å²) in [5, 5.41) is 3.02. The van der Waals surface area contributed by atoms with Crippen LogP contribution in [0.5, 0.6) is 0 Å². The van der Waals surface area contributed by atoms with E-state index in [1.807, 2.05) is 41.3 Å². The molecule has 6 rings (SSSR count). The van der Waals surface area contributed by atoms with E-state index in [1.54, 1.807) is 4.90 Å². The highest BCUT2D eigenvalue weighted by atomic mass is 16.2. The summed E-state index contributed by atoms with van der Waals surface area (Å²) in [5.41, 5.74) is 11.6. The van der Waals surface area contributed by atoms with Gasteiger partial charge in [-0.2, -0.15) is 0 Å². The van der Waals surface area contributed by atoms with Gasteiger partial charge in [0, 0.05) is 56.9 Å². The third kappa shape index (κ3) is 6.60. The molecule has 8 heteroatoms. The second-order valence-electron chi connectivity index (χ2n) is 13.6. The fraction of sp³-hybridized carbons (Fsp3) is 0.556. The van der Waals surface area contributed by atoms with Gasteiger partial charge in [0.1, 0.15) is 0 Å². The number of likely N-dealkylation sites (tertiary alicyclic amines) is 1. The van der Waals surface area contributed by atoms with Crippen molar-refractivity contribution < 1.29 is 19.2 Å². The van der Waals surface area contributed by atoms with Crippen molar-refractivity contribution in [1.29, 1.82) is 0 Å². The Labute approximate surface area is 260 Å². The number of carbonyl (C=O) groups excluding carboxylic acids is 4. The third-order valence-electron chi connectivity index (χ3n) is 10.6. The standard InChI is InChI=1S/C36H46N4O4/c37-18-14-28(35(44)38-30-11-10-25-8-3-9-26(25)20-30)22-32(41)31-21-27-6-1-2-7-29(27)23-40(31)34(43)13-12-33(42)39-19-5-17-36(24-39)15-4-16-36/h1-2,6-7,10-11,20,28,31H,3-5,8-9,12-19,21-24,37H2,(H,38,44)/t28-,31+/m1/s1. The first-order chi connectivity index (χ1) is 21.3. The Morgan fingerprint density at radius 3 is 2.41 bits per heavy atom. The molecule has 0 unspecified atom stereocenters. The molecule has 0 aromatic heterocycles. The van der Waals surface area contributed by atoms with Crippen LogP contribution in [0.25, 0.3) is 0 Å². The van der Waals surface area contributed by atoms with Gasteiger partial charge in [-0.1, -0.05) is 36.8 Å². The molecule has 44 heavy (non-hydrogen) atoms. The molecule has 0 radical (unpaired) electrons. The molecule has 2 aromatic rings. The molecule has 2 fully saturated rings. The van der Waals surface area contributed by atoms with Gasteiger partial charge in [0.2, 0.25) is 17.7 Å². The highest BCUT2D eigenvalue weighted by molar-refractivity contribution is 5.98. The summed E-state index contributed by atoms with van der Waals surface area (Å²) in [6, 6.07) is 13.3. The fourth-order valence-electron chi connectivity index (χ4n) is 7.89. The van der Waals surface area contributed by atoms with Gasteiger partial charge in [-0.15, -0.1) is 0 Å². The normalized spacial score (nSPS) is 20.8. The topological polar surface area (TPSA) is 113 Å². The Hall–Kier alpha value is -3.52. The number of ketones is 1. The van der Waals surface area contributed by atoms with Crippen LogP contribution in [0.1, 0.15) is 86.5 Å². The Kier molecular flexibility index (Phi) is 9.17. The third-order valence-corrected chi connectivity index (χ3v) is 10.6. The summed E-state index contributed by atoms with van der Waals surface area (Å²) in [6.07, 6.45) is 10.1. The SMILES string of the molecule is NCC[C@H](CC(=O)[C@@H]1Cc2ccccc2CN1C(=O)CCC(=O)N1CCCC2(CCC2)C1)C(=O)Nc1ccc2c(c1)CCC2. The van der Waals surface area contributed by atoms with Gasteiger partial charge in [0.05, 0.1) is 6.04 Å². The molecule has 1 saturated heterocycles. The van der Waals surface area contributed by atoms with Gasteiger partial charge >= 0.3 is 0 Å². The van der Waals surface area contributed by atoms with E-state index in [0.717, 1.165) is 55.6 Å². The van der Waals surface area contributed by atoms with Crippen molar-refractivity contribution >= 4 is 29.2 Å². The van der Waals surface area contributed by atoms with Crippen LogP contribution in [-0.4, -0.2) is 59.0 Å². The zero-order chi connectivity index (χ0) is 30.7. The summed E-state index contributed by atoms with van der Waals surface area (Å²) in [7, 11) is 0. The zero-order valence-electron chi connectivity index (χ0n) is 25.8. The Balaban J connectivity index is 1.12. The van der Waals surface area contributed by atoms with Crippen molar-refractivity contribution in [2.75, 3.05) is 25.0 Å². The van der Waals surface area contributed by atoms with E-state index < -0.39 is 12.0 Å².